The lowest BCUT2D eigenvalue weighted by molar-refractivity contribution is -0.134. The van der Waals surface area contributed by atoms with Crippen LogP contribution < -0.4 is 26.8 Å². The Morgan fingerprint density at radius 1 is 1.37 bits per heavy atom. The topological polar surface area (TPSA) is 204 Å². The first-order chi connectivity index (χ1) is 14.3. The van der Waals surface area contributed by atoms with E-state index in [1.54, 1.807) is 12.3 Å². The molecule has 30 heavy (non-hydrogen) atoms. The van der Waals surface area contributed by atoms with Gasteiger partial charge in [0.25, 0.3) is 5.91 Å². The summed E-state index contributed by atoms with van der Waals surface area (Å²) in [6.45, 7) is 1.82. The highest BCUT2D eigenvalue weighted by atomic mass is 32.1. The van der Waals surface area contributed by atoms with Gasteiger partial charge in [0.05, 0.1) is 18.4 Å². The van der Waals surface area contributed by atoms with Gasteiger partial charge in [-0.15, -0.1) is 11.3 Å². The number of hydrogen-bond donors (Lipinski definition) is 5. The molecule has 0 radical (unpaired) electrons. The van der Waals surface area contributed by atoms with Crippen molar-refractivity contribution in [3.63, 3.8) is 0 Å². The van der Waals surface area contributed by atoms with E-state index in [2.05, 4.69) is 30.7 Å². The zero-order valence-corrected chi connectivity index (χ0v) is 16.6. The van der Waals surface area contributed by atoms with E-state index in [9.17, 15) is 9.59 Å². The number of nitrogens with zero attached hydrogens (tertiary/aromatic N) is 4. The maximum absolute atomic E-state index is 12.6. The molecule has 3 rings (SSSR count). The van der Waals surface area contributed by atoms with E-state index < -0.39 is 11.9 Å². The van der Waals surface area contributed by atoms with Gasteiger partial charge < -0.3 is 31.7 Å². The van der Waals surface area contributed by atoms with Crippen molar-refractivity contribution in [3.8, 4) is 5.88 Å². The first kappa shape index (κ1) is 20.9. The number of hydrogen-bond acceptors (Lipinski definition) is 11. The number of ether oxygens (including phenoxy) is 1. The van der Waals surface area contributed by atoms with Gasteiger partial charge in [0.2, 0.25) is 11.8 Å². The molecular formula is C16H19N9O4S. The number of amidine groups is 1. The molecule has 13 nitrogen and oxygen atoms in total. The molecule has 2 aromatic heterocycles. The maximum atomic E-state index is 12.6. The van der Waals surface area contributed by atoms with E-state index >= 15 is 0 Å². The molecule has 158 valence electrons. The average Bonchev–Trinajstić information content (AvgIpc) is 3.15. The molecular weight excluding hydrogens is 414 g/mol. The Balaban J connectivity index is 1.57. The SMILES string of the molecule is C[C@@H]1NC(=O)[C@H]1NC(=O)/C(=N\OCCOc1cnc(C(=N)N)cn1)c1csc(N)n1. The summed E-state index contributed by atoms with van der Waals surface area (Å²) in [5.74, 6) is -0.880. The van der Waals surface area contributed by atoms with Crippen molar-refractivity contribution in [2.24, 2.45) is 10.9 Å². The second-order valence-electron chi connectivity index (χ2n) is 6.09. The van der Waals surface area contributed by atoms with Crippen molar-refractivity contribution >= 4 is 39.8 Å². The van der Waals surface area contributed by atoms with Crippen LogP contribution >= 0.6 is 11.3 Å². The van der Waals surface area contributed by atoms with E-state index in [-0.39, 0.29) is 59.1 Å². The third-order valence-electron chi connectivity index (χ3n) is 3.90. The Bertz CT molecular complexity index is 975. The number of carbonyl (C=O) groups excluding carboxylic acids is 2. The van der Waals surface area contributed by atoms with Gasteiger partial charge in [0.15, 0.2) is 17.5 Å². The monoisotopic (exact) mass is 433 g/mol. The van der Waals surface area contributed by atoms with Gasteiger partial charge in [-0.3, -0.25) is 15.0 Å². The van der Waals surface area contributed by atoms with E-state index in [4.69, 9.17) is 26.5 Å². The number of carbonyl (C=O) groups is 2. The fraction of sp³-hybridized carbons (Fsp3) is 0.312. The van der Waals surface area contributed by atoms with Crippen molar-refractivity contribution in [2.45, 2.75) is 19.0 Å². The molecule has 0 saturated carbocycles. The van der Waals surface area contributed by atoms with Gasteiger partial charge in [0, 0.05) is 5.38 Å². The molecule has 7 N–H and O–H groups in total. The van der Waals surface area contributed by atoms with Gasteiger partial charge in [-0.2, -0.15) is 0 Å². The van der Waals surface area contributed by atoms with Gasteiger partial charge in [-0.25, -0.2) is 15.0 Å². The molecule has 0 unspecified atom stereocenters. The normalized spacial score (nSPS) is 18.2. The Labute approximate surface area is 174 Å². The lowest BCUT2D eigenvalue weighted by atomic mass is 10.0. The first-order valence-corrected chi connectivity index (χ1v) is 9.55. The van der Waals surface area contributed by atoms with Gasteiger partial charge >= 0.3 is 0 Å². The minimum atomic E-state index is -0.654. The van der Waals surface area contributed by atoms with Gasteiger partial charge in [0.1, 0.15) is 29.9 Å². The zero-order chi connectivity index (χ0) is 21.7. The quantitative estimate of drug-likeness (QED) is 0.104. The molecule has 2 aromatic rings. The average molecular weight is 433 g/mol. The third kappa shape index (κ3) is 4.96. The minimum Gasteiger partial charge on any atom is -0.473 e. The van der Waals surface area contributed by atoms with Crippen LogP contribution in [0.5, 0.6) is 5.88 Å². The summed E-state index contributed by atoms with van der Waals surface area (Å²) in [4.78, 5) is 41.2. The van der Waals surface area contributed by atoms with Crippen molar-refractivity contribution in [3.05, 3.63) is 29.2 Å². The Hall–Kier alpha value is -3.81. The number of nitrogens with one attached hydrogen (secondary N) is 3. The molecule has 0 spiro atoms. The molecule has 2 atom stereocenters. The number of amides is 2. The highest BCUT2D eigenvalue weighted by Crippen LogP contribution is 2.13. The number of anilines is 1. The predicted octanol–water partition coefficient (Wildman–Crippen LogP) is -1.40. The van der Waals surface area contributed by atoms with E-state index in [0.29, 0.717) is 0 Å². The Morgan fingerprint density at radius 3 is 2.73 bits per heavy atom. The molecule has 0 bridgehead atoms. The summed E-state index contributed by atoms with van der Waals surface area (Å²) >= 11 is 1.14. The van der Waals surface area contributed by atoms with Crippen LogP contribution in [0.3, 0.4) is 0 Å². The summed E-state index contributed by atoms with van der Waals surface area (Å²) in [6, 6.07) is -0.841. The standard InChI is InChI=1S/C16H19N9O4S/c1-7-11(14(26)22-7)24-15(27)12(9-6-30-16(19)23-9)25-29-3-2-28-10-5-20-8(4-21-10)13(17)18/h4-7,11H,2-3H2,1H3,(H3,17,18)(H2,19,23)(H,22,26)(H,24,27)/b25-12-/t7-,11-/m0/s1. The van der Waals surface area contributed by atoms with Gasteiger partial charge in [-0.05, 0) is 6.92 Å². The largest absolute Gasteiger partial charge is 0.473 e. The molecule has 2 amide bonds. The first-order valence-electron chi connectivity index (χ1n) is 8.67. The summed E-state index contributed by atoms with van der Waals surface area (Å²) in [6.07, 6.45) is 2.63. The highest BCUT2D eigenvalue weighted by Gasteiger charge is 2.38. The van der Waals surface area contributed by atoms with E-state index in [1.165, 1.54) is 12.4 Å². The van der Waals surface area contributed by atoms with Crippen molar-refractivity contribution in [2.75, 3.05) is 18.9 Å². The molecule has 1 aliphatic heterocycles. The van der Waals surface area contributed by atoms with Crippen molar-refractivity contribution < 1.29 is 19.2 Å². The number of aromatic nitrogens is 3. The van der Waals surface area contributed by atoms with Crippen LogP contribution in [-0.4, -0.2) is 63.6 Å². The summed E-state index contributed by atoms with van der Waals surface area (Å²) < 4.78 is 5.35. The second-order valence-corrected chi connectivity index (χ2v) is 6.98. The van der Waals surface area contributed by atoms with Crippen LogP contribution in [0.15, 0.2) is 22.9 Å². The zero-order valence-electron chi connectivity index (χ0n) is 15.8. The molecule has 1 saturated heterocycles. The van der Waals surface area contributed by atoms with E-state index in [1.807, 2.05) is 0 Å². The van der Waals surface area contributed by atoms with Crippen molar-refractivity contribution in [1.29, 1.82) is 5.41 Å². The van der Waals surface area contributed by atoms with Gasteiger partial charge in [-0.1, -0.05) is 5.16 Å². The third-order valence-corrected chi connectivity index (χ3v) is 4.58. The lowest BCUT2D eigenvalue weighted by Crippen LogP contribution is -2.68. The van der Waals surface area contributed by atoms with Crippen LogP contribution in [0.2, 0.25) is 0 Å². The molecule has 1 aliphatic rings. The molecule has 0 aromatic carbocycles. The van der Waals surface area contributed by atoms with E-state index in [0.717, 1.165) is 11.3 Å². The number of nitrogen functional groups attached to an aromatic ring is 2. The predicted molar refractivity (Wildman–Crippen MR) is 107 cm³/mol. The number of thiazole rings is 1. The number of nitrogens with two attached hydrogens (primary N) is 2. The Kier molecular flexibility index (Phi) is 6.36. The Morgan fingerprint density at radius 2 is 2.17 bits per heavy atom. The van der Waals surface area contributed by atoms with Crippen LogP contribution in [-0.2, 0) is 14.4 Å². The van der Waals surface area contributed by atoms with Crippen LogP contribution in [0.4, 0.5) is 5.13 Å². The summed E-state index contributed by atoms with van der Waals surface area (Å²) in [5.41, 5.74) is 11.3. The number of β-lactam (4-membered cyclic amide) rings is 1. The van der Waals surface area contributed by atoms with Crippen molar-refractivity contribution in [1.82, 2.24) is 25.6 Å². The minimum absolute atomic E-state index is 0.00709. The summed E-state index contributed by atoms with van der Waals surface area (Å²) in [7, 11) is 0. The fourth-order valence-corrected chi connectivity index (χ4v) is 2.90. The van der Waals surface area contributed by atoms with Crippen LogP contribution in [0.25, 0.3) is 0 Å². The van der Waals surface area contributed by atoms with Crippen LogP contribution in [0, 0.1) is 5.41 Å². The summed E-state index contributed by atoms with van der Waals surface area (Å²) in [5, 5.41) is 18.1. The molecule has 14 heteroatoms. The smallest absolute Gasteiger partial charge is 0.276 e. The van der Waals surface area contributed by atoms with Crippen LogP contribution in [0.1, 0.15) is 18.3 Å². The maximum Gasteiger partial charge on any atom is 0.276 e. The molecule has 0 aliphatic carbocycles. The fourth-order valence-electron chi connectivity index (χ4n) is 2.35. The highest BCUT2D eigenvalue weighted by molar-refractivity contribution is 7.13. The number of oxime groups is 1. The number of rotatable bonds is 9. The lowest BCUT2D eigenvalue weighted by Gasteiger charge is -2.34. The second kappa shape index (κ2) is 9.13. The molecule has 3 heterocycles. The molecule has 1 fully saturated rings.